The molecule has 0 radical (unpaired) electrons. The summed E-state index contributed by atoms with van der Waals surface area (Å²) in [6.07, 6.45) is -7.04. The normalized spacial score (nSPS) is 49.2. The molecule has 1 saturated heterocycles. The van der Waals surface area contributed by atoms with Crippen LogP contribution in [0.2, 0.25) is 0 Å². The Hall–Kier alpha value is -0.240. The van der Waals surface area contributed by atoms with Gasteiger partial charge >= 0.3 is 0 Å². The molecular weight excluding hydrogens is 169 g/mol. The van der Waals surface area contributed by atoms with Crippen LogP contribution < -0.4 is 0 Å². The van der Waals surface area contributed by atoms with Gasteiger partial charge < -0.3 is 30.3 Å². The summed E-state index contributed by atoms with van der Waals surface area (Å²) in [5, 5.41) is 44.7. The molecule has 1 aliphatic heterocycles. The molecule has 1 heterocycles. The molecule has 0 aromatic carbocycles. The Bertz CT molecular complexity index is 146. The summed E-state index contributed by atoms with van der Waals surface area (Å²) in [5.41, 5.74) is 0. The van der Waals surface area contributed by atoms with Crippen LogP contribution in [-0.4, -0.2) is 62.8 Å². The van der Waals surface area contributed by atoms with Crippen molar-refractivity contribution in [3.8, 4) is 0 Å². The first-order chi connectivity index (χ1) is 5.57. The summed E-state index contributed by atoms with van der Waals surface area (Å²) >= 11 is 0. The van der Waals surface area contributed by atoms with E-state index >= 15 is 0 Å². The predicted octanol–water partition coefficient (Wildman–Crippen LogP) is -3.22. The van der Waals surface area contributed by atoms with Gasteiger partial charge in [0.15, 0.2) is 6.29 Å². The second-order valence-corrected chi connectivity index (χ2v) is 2.72. The first-order valence-corrected chi connectivity index (χ1v) is 3.56. The van der Waals surface area contributed by atoms with E-state index in [9.17, 15) is 0 Å². The van der Waals surface area contributed by atoms with Gasteiger partial charge in [-0.25, -0.2) is 0 Å². The Morgan fingerprint density at radius 2 is 1.50 bits per heavy atom. The van der Waals surface area contributed by atoms with Crippen LogP contribution in [0.3, 0.4) is 0 Å². The van der Waals surface area contributed by atoms with Gasteiger partial charge in [0.25, 0.3) is 0 Å². The van der Waals surface area contributed by atoms with E-state index < -0.39 is 37.3 Å². The Balaban J connectivity index is 2.63. The fourth-order valence-electron chi connectivity index (χ4n) is 1.08. The Labute approximate surface area is 68.6 Å². The fraction of sp³-hybridized carbons (Fsp3) is 1.00. The summed E-state index contributed by atoms with van der Waals surface area (Å²) in [6, 6.07) is 0. The van der Waals surface area contributed by atoms with Gasteiger partial charge in [0.1, 0.15) is 24.4 Å². The lowest BCUT2D eigenvalue weighted by atomic mass is 10.0. The standard InChI is InChI=1S/C6H12O6/c7-1-2-3(8)4(9)5(10)6(11)12-2/h2-11H,1H2/t2-,3-,4+,5-,6-/m1/s1/i6+1. The molecule has 6 heteroatoms. The molecule has 0 amide bonds. The fourth-order valence-corrected chi connectivity index (χ4v) is 1.08. The largest absolute Gasteiger partial charge is 0.394 e. The van der Waals surface area contributed by atoms with E-state index in [-0.39, 0.29) is 0 Å². The van der Waals surface area contributed by atoms with Crippen LogP contribution in [0.1, 0.15) is 0 Å². The van der Waals surface area contributed by atoms with Crippen molar-refractivity contribution < 1.29 is 30.3 Å². The molecule has 1 rings (SSSR count). The quantitative estimate of drug-likeness (QED) is 0.272. The minimum absolute atomic E-state index is 0.526. The molecule has 0 aliphatic carbocycles. The number of aliphatic hydroxyl groups excluding tert-OH is 5. The second kappa shape index (κ2) is 3.65. The van der Waals surface area contributed by atoms with E-state index in [1.54, 1.807) is 0 Å². The van der Waals surface area contributed by atoms with Gasteiger partial charge in [-0.3, -0.25) is 0 Å². The van der Waals surface area contributed by atoms with Crippen LogP contribution >= 0.6 is 0 Å². The van der Waals surface area contributed by atoms with Crippen molar-refractivity contribution in [2.75, 3.05) is 6.61 Å². The van der Waals surface area contributed by atoms with E-state index in [0.29, 0.717) is 0 Å². The lowest BCUT2D eigenvalue weighted by Crippen LogP contribution is -2.58. The summed E-state index contributed by atoms with van der Waals surface area (Å²) in [7, 11) is 0. The van der Waals surface area contributed by atoms with Gasteiger partial charge in [-0.15, -0.1) is 0 Å². The van der Waals surface area contributed by atoms with Crippen LogP contribution in [0.25, 0.3) is 0 Å². The molecule has 1 aliphatic rings. The SMILES string of the molecule is OC[C@H]1O[13C@@H](O)[C@H](O)[C@@H](O)[C@@H]1O. The molecule has 0 saturated carbocycles. The van der Waals surface area contributed by atoms with E-state index in [1.165, 1.54) is 0 Å². The maximum Gasteiger partial charge on any atom is 0.184 e. The van der Waals surface area contributed by atoms with E-state index in [0.717, 1.165) is 0 Å². The molecular formula is C6H12O6. The van der Waals surface area contributed by atoms with E-state index in [1.807, 2.05) is 0 Å². The number of rotatable bonds is 1. The monoisotopic (exact) mass is 181 g/mol. The van der Waals surface area contributed by atoms with Crippen molar-refractivity contribution in [1.82, 2.24) is 0 Å². The third-order valence-corrected chi connectivity index (χ3v) is 1.87. The van der Waals surface area contributed by atoms with Gasteiger partial charge in [0, 0.05) is 0 Å². The van der Waals surface area contributed by atoms with Gasteiger partial charge in [0.2, 0.25) is 0 Å². The highest BCUT2D eigenvalue weighted by Gasteiger charge is 2.42. The number of hydrogen-bond donors (Lipinski definition) is 5. The Morgan fingerprint density at radius 3 is 2.00 bits per heavy atom. The Kier molecular flexibility index (Phi) is 2.99. The van der Waals surface area contributed by atoms with Crippen molar-refractivity contribution in [1.29, 1.82) is 0 Å². The summed E-state index contributed by atoms with van der Waals surface area (Å²) in [6.45, 7) is -0.526. The minimum atomic E-state index is -1.57. The van der Waals surface area contributed by atoms with Crippen LogP contribution in [0.15, 0.2) is 0 Å². The highest BCUT2D eigenvalue weighted by Crippen LogP contribution is 2.18. The molecule has 0 aromatic heterocycles. The average Bonchev–Trinajstić information content (AvgIpc) is 2.08. The molecule has 6 nitrogen and oxygen atoms in total. The van der Waals surface area contributed by atoms with Crippen molar-refractivity contribution in [3.63, 3.8) is 0 Å². The van der Waals surface area contributed by atoms with Crippen molar-refractivity contribution in [2.45, 2.75) is 30.7 Å². The summed E-state index contributed by atoms with van der Waals surface area (Å²) < 4.78 is 4.58. The van der Waals surface area contributed by atoms with Crippen LogP contribution in [-0.2, 0) is 4.74 Å². The van der Waals surface area contributed by atoms with Crippen molar-refractivity contribution >= 4 is 0 Å². The molecule has 0 unspecified atom stereocenters. The van der Waals surface area contributed by atoms with E-state index in [2.05, 4.69) is 4.74 Å². The predicted molar refractivity (Wildman–Crippen MR) is 36.0 cm³/mol. The van der Waals surface area contributed by atoms with Crippen molar-refractivity contribution in [3.05, 3.63) is 0 Å². The number of ether oxygens (including phenoxy) is 1. The van der Waals surface area contributed by atoms with Gasteiger partial charge in [-0.05, 0) is 0 Å². The maximum atomic E-state index is 9.12. The van der Waals surface area contributed by atoms with E-state index in [4.69, 9.17) is 25.5 Å². The average molecular weight is 181 g/mol. The molecule has 5 atom stereocenters. The minimum Gasteiger partial charge on any atom is -0.394 e. The summed E-state index contributed by atoms with van der Waals surface area (Å²) in [5.74, 6) is 0. The molecule has 0 aromatic rings. The Morgan fingerprint density at radius 1 is 0.917 bits per heavy atom. The van der Waals surface area contributed by atoms with Gasteiger partial charge in [-0.2, -0.15) is 0 Å². The molecule has 5 N–H and O–H groups in total. The zero-order valence-electron chi connectivity index (χ0n) is 6.24. The zero-order valence-corrected chi connectivity index (χ0v) is 6.24. The van der Waals surface area contributed by atoms with Crippen LogP contribution in [0.4, 0.5) is 0 Å². The maximum absolute atomic E-state index is 9.12. The molecule has 0 spiro atoms. The molecule has 72 valence electrons. The molecule has 12 heavy (non-hydrogen) atoms. The summed E-state index contributed by atoms with van der Waals surface area (Å²) in [4.78, 5) is 0. The third kappa shape index (κ3) is 1.58. The number of hydrogen-bond acceptors (Lipinski definition) is 6. The van der Waals surface area contributed by atoms with Crippen molar-refractivity contribution in [2.24, 2.45) is 0 Å². The highest BCUT2D eigenvalue weighted by molar-refractivity contribution is 4.87. The van der Waals surface area contributed by atoms with Crippen LogP contribution in [0.5, 0.6) is 0 Å². The molecule has 0 bridgehead atoms. The lowest BCUT2D eigenvalue weighted by molar-refractivity contribution is -0.286. The topological polar surface area (TPSA) is 110 Å². The van der Waals surface area contributed by atoms with Gasteiger partial charge in [-0.1, -0.05) is 0 Å². The second-order valence-electron chi connectivity index (χ2n) is 2.72. The van der Waals surface area contributed by atoms with Gasteiger partial charge in [0.05, 0.1) is 6.61 Å². The zero-order chi connectivity index (χ0) is 9.30. The molecule has 1 fully saturated rings. The number of aliphatic hydroxyl groups is 5. The first-order valence-electron chi connectivity index (χ1n) is 3.56. The van der Waals surface area contributed by atoms with Crippen LogP contribution in [0, 0.1) is 0 Å². The third-order valence-electron chi connectivity index (χ3n) is 1.87. The highest BCUT2D eigenvalue weighted by atomic mass is 16.7. The first kappa shape index (κ1) is 9.85. The smallest absolute Gasteiger partial charge is 0.184 e. The lowest BCUT2D eigenvalue weighted by Gasteiger charge is -2.37.